The predicted molar refractivity (Wildman–Crippen MR) is 70.3 cm³/mol. The summed E-state index contributed by atoms with van der Waals surface area (Å²) in [6.45, 7) is 0. The SMILES string of the molecule is S=c1[nH]c(-c2csc3ccccc23)cs1. The highest BCUT2D eigenvalue weighted by atomic mass is 32.1. The third-order valence-electron chi connectivity index (χ3n) is 2.29. The Morgan fingerprint density at radius 2 is 1.93 bits per heavy atom. The average molecular weight is 249 g/mol. The maximum atomic E-state index is 5.10. The van der Waals surface area contributed by atoms with Crippen molar-refractivity contribution in [1.29, 1.82) is 0 Å². The number of thiophene rings is 1. The third kappa shape index (κ3) is 1.55. The highest BCUT2D eigenvalue weighted by Gasteiger charge is 2.06. The molecule has 0 bridgehead atoms. The largest absolute Gasteiger partial charge is 0.337 e. The lowest BCUT2D eigenvalue weighted by molar-refractivity contribution is 1.40. The molecule has 0 radical (unpaired) electrons. The minimum absolute atomic E-state index is 0.834. The van der Waals surface area contributed by atoms with Crippen molar-refractivity contribution in [2.24, 2.45) is 0 Å². The Hall–Kier alpha value is -0.970. The zero-order valence-electron chi connectivity index (χ0n) is 7.69. The number of aromatic amines is 1. The molecule has 0 unspecified atom stereocenters. The van der Waals surface area contributed by atoms with Gasteiger partial charge in [0.25, 0.3) is 0 Å². The van der Waals surface area contributed by atoms with Crippen LogP contribution in [0.25, 0.3) is 21.3 Å². The summed E-state index contributed by atoms with van der Waals surface area (Å²) in [6.07, 6.45) is 0. The van der Waals surface area contributed by atoms with E-state index in [0.717, 1.165) is 9.65 Å². The van der Waals surface area contributed by atoms with Crippen LogP contribution in [0, 0.1) is 3.95 Å². The van der Waals surface area contributed by atoms with Crippen molar-refractivity contribution in [1.82, 2.24) is 4.98 Å². The maximum absolute atomic E-state index is 5.10. The second-order valence-corrected chi connectivity index (χ2v) is 5.66. The van der Waals surface area contributed by atoms with Gasteiger partial charge in [-0.05, 0) is 18.3 Å². The molecule has 2 heterocycles. The molecule has 1 N–H and O–H groups in total. The second-order valence-electron chi connectivity index (χ2n) is 3.21. The molecule has 4 heteroatoms. The van der Waals surface area contributed by atoms with E-state index in [1.165, 1.54) is 15.6 Å². The van der Waals surface area contributed by atoms with E-state index in [1.807, 2.05) is 0 Å². The molecular weight excluding hydrogens is 242 g/mol. The Balaban J connectivity index is 2.32. The summed E-state index contributed by atoms with van der Waals surface area (Å²) < 4.78 is 2.15. The monoisotopic (exact) mass is 249 g/mol. The lowest BCUT2D eigenvalue weighted by Crippen LogP contribution is -1.73. The number of aromatic nitrogens is 1. The fourth-order valence-electron chi connectivity index (χ4n) is 1.60. The third-order valence-corrected chi connectivity index (χ3v) is 4.32. The number of fused-ring (bicyclic) bond motifs is 1. The summed E-state index contributed by atoms with van der Waals surface area (Å²) in [6, 6.07) is 8.43. The van der Waals surface area contributed by atoms with Crippen LogP contribution >= 0.6 is 34.9 Å². The van der Waals surface area contributed by atoms with Crippen LogP contribution in [-0.2, 0) is 0 Å². The topological polar surface area (TPSA) is 15.8 Å². The van der Waals surface area contributed by atoms with Crippen LogP contribution < -0.4 is 0 Å². The minimum atomic E-state index is 0.834. The standard InChI is InChI=1S/C11H7NS3/c13-11-12-9(6-15-11)8-5-14-10-4-2-1-3-7(8)10/h1-6H,(H,12,13). The van der Waals surface area contributed by atoms with Crippen LogP contribution in [0.3, 0.4) is 0 Å². The van der Waals surface area contributed by atoms with Crippen LogP contribution in [0.15, 0.2) is 35.0 Å². The van der Waals surface area contributed by atoms with Crippen molar-refractivity contribution in [3.05, 3.63) is 39.0 Å². The van der Waals surface area contributed by atoms with E-state index in [4.69, 9.17) is 12.2 Å². The molecule has 3 rings (SSSR count). The molecule has 2 aromatic heterocycles. The molecule has 0 spiro atoms. The van der Waals surface area contributed by atoms with Gasteiger partial charge in [0, 0.05) is 26.4 Å². The van der Waals surface area contributed by atoms with E-state index in [2.05, 4.69) is 40.0 Å². The highest BCUT2D eigenvalue weighted by Crippen LogP contribution is 2.33. The van der Waals surface area contributed by atoms with Crippen LogP contribution in [0.4, 0.5) is 0 Å². The molecule has 0 atom stereocenters. The Morgan fingerprint density at radius 1 is 1.07 bits per heavy atom. The van der Waals surface area contributed by atoms with E-state index < -0.39 is 0 Å². The van der Waals surface area contributed by atoms with Crippen molar-refractivity contribution in [2.75, 3.05) is 0 Å². The van der Waals surface area contributed by atoms with Gasteiger partial charge >= 0.3 is 0 Å². The minimum Gasteiger partial charge on any atom is -0.337 e. The van der Waals surface area contributed by atoms with Gasteiger partial charge in [-0.1, -0.05) is 18.2 Å². The lowest BCUT2D eigenvalue weighted by Gasteiger charge is -1.93. The number of nitrogens with one attached hydrogen (secondary N) is 1. The quantitative estimate of drug-likeness (QED) is 0.619. The van der Waals surface area contributed by atoms with Gasteiger partial charge in [0.2, 0.25) is 0 Å². The maximum Gasteiger partial charge on any atom is 0.158 e. The van der Waals surface area contributed by atoms with Crippen molar-refractivity contribution in [3.63, 3.8) is 0 Å². The zero-order chi connectivity index (χ0) is 10.3. The Bertz CT molecular complexity index is 659. The lowest BCUT2D eigenvalue weighted by atomic mass is 10.1. The van der Waals surface area contributed by atoms with Crippen molar-refractivity contribution in [3.8, 4) is 11.3 Å². The van der Waals surface area contributed by atoms with E-state index in [-0.39, 0.29) is 0 Å². The average Bonchev–Trinajstić information content (AvgIpc) is 2.83. The van der Waals surface area contributed by atoms with Crippen molar-refractivity contribution >= 4 is 45.0 Å². The van der Waals surface area contributed by atoms with Gasteiger partial charge in [0.1, 0.15) is 0 Å². The molecule has 15 heavy (non-hydrogen) atoms. The molecule has 0 saturated heterocycles. The van der Waals surface area contributed by atoms with Gasteiger partial charge in [-0.3, -0.25) is 0 Å². The molecule has 0 aliphatic carbocycles. The Kier molecular flexibility index (Phi) is 2.20. The van der Waals surface area contributed by atoms with Crippen molar-refractivity contribution in [2.45, 2.75) is 0 Å². The van der Waals surface area contributed by atoms with E-state index >= 15 is 0 Å². The van der Waals surface area contributed by atoms with Gasteiger partial charge in [-0.2, -0.15) is 0 Å². The molecule has 0 amide bonds. The van der Waals surface area contributed by atoms with Gasteiger partial charge in [-0.25, -0.2) is 0 Å². The summed E-state index contributed by atoms with van der Waals surface area (Å²) in [7, 11) is 0. The van der Waals surface area contributed by atoms with Crippen molar-refractivity contribution < 1.29 is 0 Å². The molecule has 0 saturated carbocycles. The normalized spacial score (nSPS) is 10.9. The first-order valence-electron chi connectivity index (χ1n) is 4.49. The first-order valence-corrected chi connectivity index (χ1v) is 6.66. The molecule has 0 aliphatic heterocycles. The molecule has 3 aromatic rings. The highest BCUT2D eigenvalue weighted by molar-refractivity contribution is 7.73. The number of hydrogen-bond acceptors (Lipinski definition) is 3. The van der Waals surface area contributed by atoms with E-state index in [9.17, 15) is 0 Å². The Labute approximate surface area is 100 Å². The van der Waals surface area contributed by atoms with E-state index in [0.29, 0.717) is 0 Å². The van der Waals surface area contributed by atoms with E-state index in [1.54, 1.807) is 22.7 Å². The first kappa shape index (κ1) is 9.27. The van der Waals surface area contributed by atoms with Crippen LogP contribution in [0.5, 0.6) is 0 Å². The van der Waals surface area contributed by atoms with Gasteiger partial charge in [0.05, 0.1) is 5.69 Å². The van der Waals surface area contributed by atoms with Gasteiger partial charge in [-0.15, -0.1) is 22.7 Å². The zero-order valence-corrected chi connectivity index (χ0v) is 10.1. The van der Waals surface area contributed by atoms with Crippen LogP contribution in [0.1, 0.15) is 0 Å². The number of H-pyrrole nitrogens is 1. The fourth-order valence-corrected chi connectivity index (χ4v) is 3.39. The predicted octanol–water partition coefficient (Wildman–Crippen LogP) is 4.69. The second kappa shape index (κ2) is 3.56. The Morgan fingerprint density at radius 3 is 2.73 bits per heavy atom. The molecule has 1 aromatic carbocycles. The number of hydrogen-bond donors (Lipinski definition) is 1. The smallest absolute Gasteiger partial charge is 0.158 e. The molecule has 0 aliphatic rings. The summed E-state index contributed by atoms with van der Waals surface area (Å²) in [5.41, 5.74) is 2.38. The summed E-state index contributed by atoms with van der Waals surface area (Å²) in [5, 5.41) is 5.56. The first-order chi connectivity index (χ1) is 7.34. The van der Waals surface area contributed by atoms with Crippen LogP contribution in [0.2, 0.25) is 0 Å². The molecular formula is C11H7NS3. The van der Waals surface area contributed by atoms with Gasteiger partial charge in [0.15, 0.2) is 3.95 Å². The number of thiazole rings is 1. The summed E-state index contributed by atoms with van der Waals surface area (Å²) in [5.74, 6) is 0. The molecule has 74 valence electrons. The fraction of sp³-hybridized carbons (Fsp3) is 0. The molecule has 1 nitrogen and oxygen atoms in total. The number of benzene rings is 1. The summed E-state index contributed by atoms with van der Waals surface area (Å²) in [4.78, 5) is 3.21. The summed E-state index contributed by atoms with van der Waals surface area (Å²) >= 11 is 8.44. The molecule has 0 fully saturated rings. The van der Waals surface area contributed by atoms with Gasteiger partial charge < -0.3 is 4.98 Å². The number of rotatable bonds is 1. The van der Waals surface area contributed by atoms with Crippen LogP contribution in [-0.4, -0.2) is 4.98 Å².